The van der Waals surface area contributed by atoms with E-state index < -0.39 is 0 Å². The maximum absolute atomic E-state index is 11.5. The van der Waals surface area contributed by atoms with Crippen LogP contribution >= 0.6 is 0 Å². The summed E-state index contributed by atoms with van der Waals surface area (Å²) >= 11 is 0. The van der Waals surface area contributed by atoms with Gasteiger partial charge < -0.3 is 10.2 Å². The van der Waals surface area contributed by atoms with Gasteiger partial charge >= 0.3 is 0 Å². The molecule has 1 aromatic heterocycles. The lowest BCUT2D eigenvalue weighted by atomic mass is 10.4. The lowest BCUT2D eigenvalue weighted by Crippen LogP contribution is -2.35. The number of carbonyl (C=O) groups excluding carboxylic acids is 1. The molecule has 1 aromatic rings. The number of aromatic amines is 1. The van der Waals surface area contributed by atoms with Crippen molar-refractivity contribution in [2.45, 2.75) is 20.3 Å². The summed E-state index contributed by atoms with van der Waals surface area (Å²) in [5.74, 6) is -0.179. The van der Waals surface area contributed by atoms with E-state index in [1.807, 2.05) is 0 Å². The highest BCUT2D eigenvalue weighted by Crippen LogP contribution is 1.91. The second-order valence-electron chi connectivity index (χ2n) is 3.55. The quantitative estimate of drug-likeness (QED) is 0.698. The fraction of sp³-hybridized carbons (Fsp3) is 0.700. The summed E-state index contributed by atoms with van der Waals surface area (Å²) in [6.45, 7) is 7.85. The summed E-state index contributed by atoms with van der Waals surface area (Å²) in [6.07, 6.45) is 2.55. The van der Waals surface area contributed by atoms with Gasteiger partial charge in [-0.2, -0.15) is 15.4 Å². The van der Waals surface area contributed by atoms with Crippen molar-refractivity contribution < 1.29 is 4.79 Å². The Hall–Kier alpha value is -1.43. The molecule has 1 heterocycles. The van der Waals surface area contributed by atoms with Crippen molar-refractivity contribution in [2.75, 3.05) is 26.2 Å². The first-order valence-electron chi connectivity index (χ1n) is 5.64. The smallest absolute Gasteiger partial charge is 0.273 e. The lowest BCUT2D eigenvalue weighted by Gasteiger charge is -2.19. The van der Waals surface area contributed by atoms with Crippen LogP contribution in [-0.4, -0.2) is 52.4 Å². The molecule has 16 heavy (non-hydrogen) atoms. The molecule has 0 saturated heterocycles. The zero-order valence-electron chi connectivity index (χ0n) is 9.86. The minimum absolute atomic E-state index is 0.179. The van der Waals surface area contributed by atoms with E-state index in [-0.39, 0.29) is 5.91 Å². The van der Waals surface area contributed by atoms with Gasteiger partial charge in [0.2, 0.25) is 0 Å². The van der Waals surface area contributed by atoms with Crippen molar-refractivity contribution in [1.29, 1.82) is 0 Å². The number of amides is 1. The van der Waals surface area contributed by atoms with Crippen LogP contribution in [-0.2, 0) is 0 Å². The molecule has 0 spiro atoms. The molecular weight excluding hydrogens is 206 g/mol. The Morgan fingerprint density at radius 1 is 1.50 bits per heavy atom. The molecular formula is C10H19N5O. The SMILES string of the molecule is CCCN(CC)CCNC(=O)c1cn[nH]n1. The third-order valence-corrected chi connectivity index (χ3v) is 2.35. The summed E-state index contributed by atoms with van der Waals surface area (Å²) in [4.78, 5) is 13.8. The molecule has 0 unspecified atom stereocenters. The standard InChI is InChI=1S/C10H19N5O/c1-3-6-15(4-2)7-5-11-10(16)9-8-12-14-13-9/h8H,3-7H2,1-2H3,(H,11,16)(H,12,13,14). The Morgan fingerprint density at radius 3 is 2.88 bits per heavy atom. The average Bonchev–Trinajstić information content (AvgIpc) is 2.81. The molecule has 0 aliphatic carbocycles. The van der Waals surface area contributed by atoms with E-state index in [1.165, 1.54) is 6.20 Å². The molecule has 0 fully saturated rings. The van der Waals surface area contributed by atoms with Crippen molar-refractivity contribution in [1.82, 2.24) is 25.6 Å². The minimum atomic E-state index is -0.179. The van der Waals surface area contributed by atoms with Crippen molar-refractivity contribution in [3.63, 3.8) is 0 Å². The molecule has 0 atom stereocenters. The predicted octanol–water partition coefficient (Wildman–Crippen LogP) is 0.266. The highest BCUT2D eigenvalue weighted by Gasteiger charge is 2.08. The van der Waals surface area contributed by atoms with Crippen LogP contribution in [0.25, 0.3) is 0 Å². The molecule has 0 saturated carbocycles. The zero-order valence-corrected chi connectivity index (χ0v) is 9.86. The fourth-order valence-electron chi connectivity index (χ4n) is 1.47. The summed E-state index contributed by atoms with van der Waals surface area (Å²) < 4.78 is 0. The molecule has 0 bridgehead atoms. The molecule has 0 aliphatic rings. The average molecular weight is 225 g/mol. The molecule has 0 aliphatic heterocycles. The Kier molecular flexibility index (Phi) is 5.49. The zero-order chi connectivity index (χ0) is 11.8. The van der Waals surface area contributed by atoms with Crippen LogP contribution in [0.3, 0.4) is 0 Å². The first-order valence-corrected chi connectivity index (χ1v) is 5.64. The Bertz CT molecular complexity index is 298. The van der Waals surface area contributed by atoms with Crippen molar-refractivity contribution in [3.8, 4) is 0 Å². The number of aromatic nitrogens is 3. The first-order chi connectivity index (χ1) is 7.77. The van der Waals surface area contributed by atoms with Crippen LogP contribution in [0.2, 0.25) is 0 Å². The van der Waals surface area contributed by atoms with E-state index >= 15 is 0 Å². The minimum Gasteiger partial charge on any atom is -0.349 e. The Balaban J connectivity index is 2.22. The van der Waals surface area contributed by atoms with Crippen LogP contribution in [0, 0.1) is 0 Å². The summed E-state index contributed by atoms with van der Waals surface area (Å²) in [5, 5.41) is 12.5. The van der Waals surface area contributed by atoms with Gasteiger partial charge in [-0.05, 0) is 19.5 Å². The second kappa shape index (κ2) is 6.95. The van der Waals surface area contributed by atoms with Crippen molar-refractivity contribution in [3.05, 3.63) is 11.9 Å². The predicted molar refractivity (Wildman–Crippen MR) is 61.1 cm³/mol. The van der Waals surface area contributed by atoms with Crippen LogP contribution < -0.4 is 5.32 Å². The van der Waals surface area contributed by atoms with Crippen LogP contribution in [0.4, 0.5) is 0 Å². The molecule has 0 radical (unpaired) electrons. The molecule has 1 rings (SSSR count). The van der Waals surface area contributed by atoms with Gasteiger partial charge in [0, 0.05) is 13.1 Å². The molecule has 6 nitrogen and oxygen atoms in total. The van der Waals surface area contributed by atoms with Gasteiger partial charge in [0.1, 0.15) is 0 Å². The van der Waals surface area contributed by atoms with Gasteiger partial charge in [-0.3, -0.25) is 4.79 Å². The van der Waals surface area contributed by atoms with Crippen molar-refractivity contribution >= 4 is 5.91 Å². The number of nitrogens with zero attached hydrogens (tertiary/aromatic N) is 3. The number of carbonyl (C=O) groups is 1. The van der Waals surface area contributed by atoms with Crippen molar-refractivity contribution in [2.24, 2.45) is 0 Å². The van der Waals surface area contributed by atoms with Gasteiger partial charge in [0.05, 0.1) is 6.20 Å². The highest BCUT2D eigenvalue weighted by atomic mass is 16.1. The fourth-order valence-corrected chi connectivity index (χ4v) is 1.47. The molecule has 2 N–H and O–H groups in total. The van der Waals surface area contributed by atoms with Crippen LogP contribution in [0.5, 0.6) is 0 Å². The number of H-pyrrole nitrogens is 1. The largest absolute Gasteiger partial charge is 0.349 e. The lowest BCUT2D eigenvalue weighted by molar-refractivity contribution is 0.0943. The summed E-state index contributed by atoms with van der Waals surface area (Å²) in [5.41, 5.74) is 0.332. The number of rotatable bonds is 7. The van der Waals surface area contributed by atoms with Crippen LogP contribution in [0.1, 0.15) is 30.8 Å². The maximum Gasteiger partial charge on any atom is 0.273 e. The van der Waals surface area contributed by atoms with E-state index in [9.17, 15) is 4.79 Å². The summed E-state index contributed by atoms with van der Waals surface area (Å²) in [6, 6.07) is 0. The molecule has 0 aromatic carbocycles. The summed E-state index contributed by atoms with van der Waals surface area (Å²) in [7, 11) is 0. The first kappa shape index (κ1) is 12.6. The maximum atomic E-state index is 11.5. The molecule has 90 valence electrons. The third kappa shape index (κ3) is 3.98. The van der Waals surface area contributed by atoms with E-state index in [4.69, 9.17) is 0 Å². The number of likely N-dealkylation sites (N-methyl/N-ethyl adjacent to an activating group) is 1. The van der Waals surface area contributed by atoms with E-state index in [0.717, 1.165) is 26.1 Å². The Morgan fingerprint density at radius 2 is 2.31 bits per heavy atom. The third-order valence-electron chi connectivity index (χ3n) is 2.35. The second-order valence-corrected chi connectivity index (χ2v) is 3.55. The normalized spacial score (nSPS) is 10.7. The van der Waals surface area contributed by atoms with E-state index in [0.29, 0.717) is 12.2 Å². The molecule has 1 amide bonds. The van der Waals surface area contributed by atoms with E-state index in [1.54, 1.807) is 0 Å². The van der Waals surface area contributed by atoms with E-state index in [2.05, 4.69) is 39.5 Å². The van der Waals surface area contributed by atoms with Gasteiger partial charge in [0.25, 0.3) is 5.91 Å². The van der Waals surface area contributed by atoms with Gasteiger partial charge in [-0.15, -0.1) is 0 Å². The van der Waals surface area contributed by atoms with Gasteiger partial charge in [-0.1, -0.05) is 13.8 Å². The number of nitrogens with one attached hydrogen (secondary N) is 2. The number of hydrogen-bond donors (Lipinski definition) is 2. The van der Waals surface area contributed by atoms with Crippen LogP contribution in [0.15, 0.2) is 6.20 Å². The molecule has 6 heteroatoms. The monoisotopic (exact) mass is 225 g/mol. The highest BCUT2D eigenvalue weighted by molar-refractivity contribution is 5.91. The topological polar surface area (TPSA) is 73.9 Å². The number of hydrogen-bond acceptors (Lipinski definition) is 4. The van der Waals surface area contributed by atoms with Gasteiger partial charge in [-0.25, -0.2) is 0 Å². The Labute approximate surface area is 95.4 Å². The van der Waals surface area contributed by atoms with Gasteiger partial charge in [0.15, 0.2) is 5.69 Å².